The third-order valence-electron chi connectivity index (χ3n) is 5.25. The fourth-order valence-electron chi connectivity index (χ4n) is 3.56. The van der Waals surface area contributed by atoms with Crippen molar-refractivity contribution < 1.29 is 18.8 Å². The molecular weight excluding hydrogens is 414 g/mol. The Balaban J connectivity index is 1.34. The predicted octanol–water partition coefficient (Wildman–Crippen LogP) is 2.39. The number of methoxy groups -OCH3 is 1. The number of benzene rings is 1. The number of hydrogen-bond acceptors (Lipinski definition) is 8. The first-order valence-electron chi connectivity index (χ1n) is 9.97. The van der Waals surface area contributed by atoms with Gasteiger partial charge in [0.15, 0.2) is 11.6 Å². The molecule has 0 saturated carbocycles. The summed E-state index contributed by atoms with van der Waals surface area (Å²) in [6.45, 7) is 1.78. The van der Waals surface area contributed by atoms with Crippen LogP contribution in [0.15, 0.2) is 35.1 Å². The van der Waals surface area contributed by atoms with Gasteiger partial charge >= 0.3 is 0 Å². The number of amides is 2. The SMILES string of the molecule is COc1ccc2nc(-c3cc([C@@H](C)NC(=O)c4ncnc5c4CCC(=O)N5)on3)[nH]c2c1. The van der Waals surface area contributed by atoms with Crippen LogP contribution in [0, 0.1) is 0 Å². The first-order chi connectivity index (χ1) is 15.5. The zero-order valence-corrected chi connectivity index (χ0v) is 17.3. The number of aromatic amines is 1. The molecule has 1 aliphatic rings. The maximum Gasteiger partial charge on any atom is 0.270 e. The van der Waals surface area contributed by atoms with Crippen molar-refractivity contribution in [3.8, 4) is 17.3 Å². The summed E-state index contributed by atoms with van der Waals surface area (Å²) >= 11 is 0. The van der Waals surface area contributed by atoms with Crippen molar-refractivity contribution in [3.05, 3.63) is 47.6 Å². The molecule has 0 saturated heterocycles. The van der Waals surface area contributed by atoms with Crippen LogP contribution < -0.4 is 15.4 Å². The van der Waals surface area contributed by atoms with Crippen LogP contribution in [0.2, 0.25) is 0 Å². The number of nitrogens with one attached hydrogen (secondary N) is 3. The van der Waals surface area contributed by atoms with Gasteiger partial charge in [-0.05, 0) is 25.5 Å². The lowest BCUT2D eigenvalue weighted by atomic mass is 10.0. The molecule has 32 heavy (non-hydrogen) atoms. The third kappa shape index (κ3) is 3.53. The Kier molecular flexibility index (Phi) is 4.77. The minimum atomic E-state index is -0.475. The molecule has 5 rings (SSSR count). The lowest BCUT2D eigenvalue weighted by molar-refractivity contribution is -0.116. The summed E-state index contributed by atoms with van der Waals surface area (Å²) in [5, 5.41) is 9.60. The van der Waals surface area contributed by atoms with Crippen molar-refractivity contribution in [2.75, 3.05) is 12.4 Å². The number of fused-ring (bicyclic) bond motifs is 2. The second kappa shape index (κ2) is 7.76. The van der Waals surface area contributed by atoms with E-state index in [1.807, 2.05) is 18.2 Å². The van der Waals surface area contributed by atoms with Gasteiger partial charge in [0.25, 0.3) is 5.91 Å². The van der Waals surface area contributed by atoms with Gasteiger partial charge in [0, 0.05) is 24.1 Å². The highest BCUT2D eigenvalue weighted by molar-refractivity contribution is 5.99. The van der Waals surface area contributed by atoms with E-state index in [-0.39, 0.29) is 23.9 Å². The summed E-state index contributed by atoms with van der Waals surface area (Å²) in [5.41, 5.74) is 2.94. The molecule has 0 bridgehead atoms. The van der Waals surface area contributed by atoms with Gasteiger partial charge in [0.1, 0.15) is 29.3 Å². The van der Waals surface area contributed by atoms with Gasteiger partial charge in [0.05, 0.1) is 24.2 Å². The first-order valence-corrected chi connectivity index (χ1v) is 9.97. The van der Waals surface area contributed by atoms with Crippen LogP contribution >= 0.6 is 0 Å². The normalized spacial score (nSPS) is 14.0. The molecular formula is C21H19N7O4. The van der Waals surface area contributed by atoms with E-state index in [0.29, 0.717) is 35.1 Å². The Bertz CT molecular complexity index is 1340. The van der Waals surface area contributed by atoms with Gasteiger partial charge in [0.2, 0.25) is 5.91 Å². The first kappa shape index (κ1) is 19.7. The predicted molar refractivity (Wildman–Crippen MR) is 113 cm³/mol. The fraction of sp³-hybridized carbons (Fsp3) is 0.238. The number of rotatable bonds is 5. The molecule has 162 valence electrons. The summed E-state index contributed by atoms with van der Waals surface area (Å²) in [7, 11) is 1.60. The number of ether oxygens (including phenoxy) is 1. The highest BCUT2D eigenvalue weighted by atomic mass is 16.5. The van der Waals surface area contributed by atoms with Gasteiger partial charge in [-0.25, -0.2) is 15.0 Å². The van der Waals surface area contributed by atoms with Crippen LogP contribution in [-0.2, 0) is 11.2 Å². The van der Waals surface area contributed by atoms with E-state index in [4.69, 9.17) is 9.26 Å². The number of nitrogens with zero attached hydrogens (tertiary/aromatic N) is 4. The van der Waals surface area contributed by atoms with Crippen LogP contribution in [0.1, 0.15) is 41.2 Å². The molecule has 1 aromatic carbocycles. The van der Waals surface area contributed by atoms with Gasteiger partial charge in [-0.1, -0.05) is 5.16 Å². The molecule has 0 spiro atoms. The molecule has 2 amide bonds. The molecule has 1 aliphatic heterocycles. The Labute approximate surface area is 181 Å². The zero-order valence-electron chi connectivity index (χ0n) is 17.3. The lowest BCUT2D eigenvalue weighted by Gasteiger charge is -2.18. The molecule has 4 heterocycles. The number of H-pyrrole nitrogens is 1. The molecule has 11 nitrogen and oxygen atoms in total. The van der Waals surface area contributed by atoms with Gasteiger partial charge < -0.3 is 24.9 Å². The van der Waals surface area contributed by atoms with E-state index in [1.165, 1.54) is 6.33 Å². The van der Waals surface area contributed by atoms with Crippen molar-refractivity contribution in [2.24, 2.45) is 0 Å². The van der Waals surface area contributed by atoms with Crippen molar-refractivity contribution in [1.82, 2.24) is 30.4 Å². The summed E-state index contributed by atoms with van der Waals surface area (Å²) in [5.74, 6) is 1.58. The largest absolute Gasteiger partial charge is 0.497 e. The quantitative estimate of drug-likeness (QED) is 0.434. The summed E-state index contributed by atoms with van der Waals surface area (Å²) in [6, 6.07) is 6.77. The van der Waals surface area contributed by atoms with Crippen molar-refractivity contribution in [3.63, 3.8) is 0 Å². The third-order valence-corrected chi connectivity index (χ3v) is 5.25. The van der Waals surface area contributed by atoms with E-state index in [0.717, 1.165) is 16.8 Å². The molecule has 4 aromatic rings. The minimum absolute atomic E-state index is 0.130. The highest BCUT2D eigenvalue weighted by Gasteiger charge is 2.25. The maximum atomic E-state index is 12.8. The van der Waals surface area contributed by atoms with Crippen LogP contribution in [0.3, 0.4) is 0 Å². The lowest BCUT2D eigenvalue weighted by Crippen LogP contribution is -2.30. The highest BCUT2D eigenvalue weighted by Crippen LogP contribution is 2.26. The average Bonchev–Trinajstić information content (AvgIpc) is 3.45. The standard InChI is InChI=1S/C21H19N7O4/c1-10(24-21(30)18-12-4-6-17(29)27-19(12)23-9-22-18)16-8-15(28-32-16)20-25-13-5-3-11(31-2)7-14(13)26-20/h3,5,7-10H,4,6H2,1-2H3,(H,24,30)(H,25,26)(H,22,23,27,29)/t10-/m1/s1. The molecule has 11 heteroatoms. The van der Waals surface area contributed by atoms with Gasteiger partial charge in [-0.15, -0.1) is 0 Å². The number of aromatic nitrogens is 5. The smallest absolute Gasteiger partial charge is 0.270 e. The number of anilines is 1. The fourth-order valence-corrected chi connectivity index (χ4v) is 3.56. The Morgan fingerprint density at radius 3 is 2.97 bits per heavy atom. The summed E-state index contributed by atoms with van der Waals surface area (Å²) in [6.07, 6.45) is 1.95. The Morgan fingerprint density at radius 2 is 2.12 bits per heavy atom. The summed E-state index contributed by atoms with van der Waals surface area (Å²) < 4.78 is 10.7. The number of hydrogen-bond donors (Lipinski definition) is 3. The number of carbonyl (C=O) groups is 2. The van der Waals surface area contributed by atoms with E-state index in [2.05, 4.69) is 35.7 Å². The van der Waals surface area contributed by atoms with E-state index < -0.39 is 6.04 Å². The molecule has 3 aromatic heterocycles. The maximum absolute atomic E-state index is 12.8. The monoisotopic (exact) mass is 433 g/mol. The van der Waals surface area contributed by atoms with Crippen LogP contribution in [0.4, 0.5) is 5.82 Å². The molecule has 0 unspecified atom stereocenters. The van der Waals surface area contributed by atoms with Crippen molar-refractivity contribution in [2.45, 2.75) is 25.8 Å². The average molecular weight is 433 g/mol. The second-order valence-electron chi connectivity index (χ2n) is 7.38. The molecule has 1 atom stereocenters. The van der Waals surface area contributed by atoms with E-state index in [1.54, 1.807) is 20.1 Å². The number of imidazole rings is 1. The molecule has 0 radical (unpaired) electrons. The topological polar surface area (TPSA) is 148 Å². The van der Waals surface area contributed by atoms with Crippen LogP contribution in [-0.4, -0.2) is 44.0 Å². The van der Waals surface area contributed by atoms with E-state index >= 15 is 0 Å². The van der Waals surface area contributed by atoms with Crippen LogP contribution in [0.5, 0.6) is 5.75 Å². The van der Waals surface area contributed by atoms with Crippen LogP contribution in [0.25, 0.3) is 22.6 Å². The second-order valence-corrected chi connectivity index (χ2v) is 7.38. The van der Waals surface area contributed by atoms with Crippen molar-refractivity contribution >= 4 is 28.7 Å². The minimum Gasteiger partial charge on any atom is -0.497 e. The van der Waals surface area contributed by atoms with Gasteiger partial charge in [-0.3, -0.25) is 9.59 Å². The van der Waals surface area contributed by atoms with Gasteiger partial charge in [-0.2, -0.15) is 0 Å². The molecule has 3 N–H and O–H groups in total. The zero-order chi connectivity index (χ0) is 22.2. The molecule has 0 fully saturated rings. The summed E-state index contributed by atoms with van der Waals surface area (Å²) in [4.78, 5) is 40.3. The van der Waals surface area contributed by atoms with E-state index in [9.17, 15) is 9.59 Å². The Hall–Kier alpha value is -4.28. The molecule has 0 aliphatic carbocycles. The van der Waals surface area contributed by atoms with Crippen molar-refractivity contribution in [1.29, 1.82) is 0 Å². The Morgan fingerprint density at radius 1 is 1.25 bits per heavy atom. The number of carbonyl (C=O) groups excluding carboxylic acids is 2.